The molecular formula is C18H21ClN2O3. The Balaban J connectivity index is 1.56. The topological polar surface area (TPSA) is 57.7 Å². The molecule has 128 valence electrons. The number of halogens is 1. The van der Waals surface area contributed by atoms with Gasteiger partial charge in [0.25, 0.3) is 0 Å². The van der Waals surface area contributed by atoms with Crippen LogP contribution in [0.4, 0.5) is 0 Å². The summed E-state index contributed by atoms with van der Waals surface area (Å²) in [5.74, 6) is -0.0880. The van der Waals surface area contributed by atoms with Gasteiger partial charge in [-0.05, 0) is 37.1 Å². The Kier molecular flexibility index (Phi) is 4.90. The van der Waals surface area contributed by atoms with E-state index in [2.05, 4.69) is 0 Å². The molecule has 0 bridgehead atoms. The summed E-state index contributed by atoms with van der Waals surface area (Å²) in [7, 11) is 1.73. The molecule has 2 amide bonds. The van der Waals surface area contributed by atoms with Gasteiger partial charge in [0.1, 0.15) is 0 Å². The highest BCUT2D eigenvalue weighted by Crippen LogP contribution is 2.25. The second-order valence-electron chi connectivity index (χ2n) is 6.65. The number of nitrogens with zero attached hydrogens (tertiary/aromatic N) is 2. The van der Waals surface area contributed by atoms with Gasteiger partial charge in [0, 0.05) is 49.6 Å². The van der Waals surface area contributed by atoms with Crippen LogP contribution in [0.2, 0.25) is 5.02 Å². The molecule has 2 aliphatic heterocycles. The first-order chi connectivity index (χ1) is 11.5. The van der Waals surface area contributed by atoms with Crippen molar-refractivity contribution in [1.29, 1.82) is 0 Å². The van der Waals surface area contributed by atoms with E-state index in [4.69, 9.17) is 11.6 Å². The maximum absolute atomic E-state index is 12.5. The van der Waals surface area contributed by atoms with Crippen LogP contribution >= 0.6 is 11.6 Å². The van der Waals surface area contributed by atoms with Crippen LogP contribution in [0.25, 0.3) is 0 Å². The Labute approximate surface area is 146 Å². The van der Waals surface area contributed by atoms with Crippen LogP contribution in [0.5, 0.6) is 0 Å². The Morgan fingerprint density at radius 1 is 1.08 bits per heavy atom. The molecule has 0 aliphatic carbocycles. The van der Waals surface area contributed by atoms with Gasteiger partial charge in [-0.2, -0.15) is 0 Å². The van der Waals surface area contributed by atoms with Crippen molar-refractivity contribution in [3.05, 3.63) is 34.9 Å². The van der Waals surface area contributed by atoms with Gasteiger partial charge in [0.2, 0.25) is 11.8 Å². The van der Waals surface area contributed by atoms with E-state index in [1.54, 1.807) is 36.2 Å². The number of Topliss-reactive ketones (excluding diaryl/α,β-unsaturated/α-hetero) is 1. The maximum atomic E-state index is 12.5. The monoisotopic (exact) mass is 348 g/mol. The lowest BCUT2D eigenvalue weighted by atomic mass is 9.88. The molecule has 1 aromatic rings. The summed E-state index contributed by atoms with van der Waals surface area (Å²) in [6.45, 7) is 1.66. The first-order valence-corrected chi connectivity index (χ1v) is 8.66. The van der Waals surface area contributed by atoms with Gasteiger partial charge < -0.3 is 9.80 Å². The highest BCUT2D eigenvalue weighted by Gasteiger charge is 2.36. The molecule has 24 heavy (non-hydrogen) atoms. The van der Waals surface area contributed by atoms with E-state index < -0.39 is 0 Å². The maximum Gasteiger partial charge on any atom is 0.227 e. The van der Waals surface area contributed by atoms with Gasteiger partial charge in [-0.1, -0.05) is 11.6 Å². The average molecular weight is 349 g/mol. The SMILES string of the molecule is CN1C[C@@H](C(=O)N2CCC(C(=O)c3ccc(Cl)cc3)CC2)CC1=O. The second-order valence-corrected chi connectivity index (χ2v) is 7.08. The van der Waals surface area contributed by atoms with Crippen molar-refractivity contribution in [2.45, 2.75) is 19.3 Å². The molecule has 2 saturated heterocycles. The summed E-state index contributed by atoms with van der Waals surface area (Å²) in [5, 5.41) is 0.614. The van der Waals surface area contributed by atoms with Crippen LogP contribution in [0.1, 0.15) is 29.6 Å². The van der Waals surface area contributed by atoms with Crippen LogP contribution < -0.4 is 0 Å². The molecule has 1 atom stereocenters. The summed E-state index contributed by atoms with van der Waals surface area (Å²) >= 11 is 5.86. The summed E-state index contributed by atoms with van der Waals surface area (Å²) in [5.41, 5.74) is 0.673. The van der Waals surface area contributed by atoms with Crippen molar-refractivity contribution in [3.63, 3.8) is 0 Å². The van der Waals surface area contributed by atoms with E-state index in [9.17, 15) is 14.4 Å². The fourth-order valence-corrected chi connectivity index (χ4v) is 3.63. The third-order valence-electron chi connectivity index (χ3n) is 5.00. The molecule has 5 nitrogen and oxygen atoms in total. The molecule has 0 radical (unpaired) electrons. The number of piperidine rings is 1. The number of benzene rings is 1. The summed E-state index contributed by atoms with van der Waals surface area (Å²) in [4.78, 5) is 40.1. The quantitative estimate of drug-likeness (QED) is 0.787. The molecule has 2 heterocycles. The molecule has 0 aromatic heterocycles. The fraction of sp³-hybridized carbons (Fsp3) is 0.500. The van der Waals surface area contributed by atoms with E-state index >= 15 is 0 Å². The van der Waals surface area contributed by atoms with Crippen LogP contribution in [0, 0.1) is 11.8 Å². The number of amides is 2. The molecule has 3 rings (SSSR count). The Morgan fingerprint density at radius 2 is 1.71 bits per heavy atom. The summed E-state index contributed by atoms with van der Waals surface area (Å²) < 4.78 is 0. The molecule has 1 aromatic carbocycles. The summed E-state index contributed by atoms with van der Waals surface area (Å²) in [6, 6.07) is 6.95. The van der Waals surface area contributed by atoms with Crippen LogP contribution in [0.15, 0.2) is 24.3 Å². The predicted molar refractivity (Wildman–Crippen MR) is 90.8 cm³/mol. The van der Waals surface area contributed by atoms with Gasteiger partial charge in [-0.25, -0.2) is 0 Å². The normalized spacial score (nSPS) is 22.1. The van der Waals surface area contributed by atoms with Gasteiger partial charge in [0.15, 0.2) is 5.78 Å². The smallest absolute Gasteiger partial charge is 0.227 e. The van der Waals surface area contributed by atoms with E-state index in [1.807, 2.05) is 4.90 Å². The van der Waals surface area contributed by atoms with Gasteiger partial charge in [-0.3, -0.25) is 14.4 Å². The van der Waals surface area contributed by atoms with Crippen molar-refractivity contribution >= 4 is 29.2 Å². The lowest BCUT2D eigenvalue weighted by Crippen LogP contribution is -2.43. The molecule has 0 saturated carbocycles. The van der Waals surface area contributed by atoms with E-state index in [1.165, 1.54) is 0 Å². The zero-order valence-electron chi connectivity index (χ0n) is 13.7. The minimum Gasteiger partial charge on any atom is -0.345 e. The number of hydrogen-bond donors (Lipinski definition) is 0. The van der Waals surface area contributed by atoms with Gasteiger partial charge in [0.05, 0.1) is 5.92 Å². The Bertz CT molecular complexity index is 651. The van der Waals surface area contributed by atoms with Crippen molar-refractivity contribution in [1.82, 2.24) is 9.80 Å². The largest absolute Gasteiger partial charge is 0.345 e. The first kappa shape index (κ1) is 17.0. The number of carbonyl (C=O) groups is 3. The number of rotatable bonds is 3. The van der Waals surface area contributed by atoms with Gasteiger partial charge in [-0.15, -0.1) is 0 Å². The predicted octanol–water partition coefficient (Wildman–Crippen LogP) is 2.24. The average Bonchev–Trinajstić information content (AvgIpc) is 2.93. The first-order valence-electron chi connectivity index (χ1n) is 8.28. The molecule has 0 unspecified atom stereocenters. The zero-order valence-corrected chi connectivity index (χ0v) is 14.5. The highest BCUT2D eigenvalue weighted by molar-refractivity contribution is 6.30. The van der Waals surface area contributed by atoms with E-state index in [0.29, 0.717) is 49.5 Å². The molecule has 2 fully saturated rings. The Hall–Kier alpha value is -1.88. The zero-order chi connectivity index (χ0) is 17.3. The lowest BCUT2D eigenvalue weighted by molar-refractivity contribution is -0.137. The lowest BCUT2D eigenvalue weighted by Gasteiger charge is -2.32. The van der Waals surface area contributed by atoms with Crippen molar-refractivity contribution < 1.29 is 14.4 Å². The third kappa shape index (κ3) is 3.46. The van der Waals surface area contributed by atoms with Crippen molar-refractivity contribution in [3.8, 4) is 0 Å². The number of ketones is 1. The van der Waals surface area contributed by atoms with E-state index in [0.717, 1.165) is 0 Å². The van der Waals surface area contributed by atoms with E-state index in [-0.39, 0.29) is 29.4 Å². The minimum atomic E-state index is -0.231. The number of carbonyl (C=O) groups excluding carboxylic acids is 3. The molecule has 0 N–H and O–H groups in total. The Morgan fingerprint density at radius 3 is 2.25 bits per heavy atom. The number of likely N-dealkylation sites (tertiary alicyclic amines) is 2. The highest BCUT2D eigenvalue weighted by atomic mass is 35.5. The number of hydrogen-bond acceptors (Lipinski definition) is 3. The standard InChI is InChI=1S/C18H21ClN2O3/c1-20-11-14(10-16(20)22)18(24)21-8-6-13(7-9-21)17(23)12-2-4-15(19)5-3-12/h2-5,13-14H,6-11H2,1H3/t14-/m0/s1. The minimum absolute atomic E-state index is 0.0288. The molecule has 2 aliphatic rings. The van der Waals surface area contributed by atoms with Crippen LogP contribution in [0.3, 0.4) is 0 Å². The third-order valence-corrected chi connectivity index (χ3v) is 5.25. The van der Waals surface area contributed by atoms with Crippen molar-refractivity contribution in [2.75, 3.05) is 26.7 Å². The second kappa shape index (κ2) is 6.93. The molecule has 6 heteroatoms. The molecule has 0 spiro atoms. The van der Waals surface area contributed by atoms with Crippen molar-refractivity contribution in [2.24, 2.45) is 11.8 Å². The van der Waals surface area contributed by atoms with Crippen LogP contribution in [-0.2, 0) is 9.59 Å². The fourth-order valence-electron chi connectivity index (χ4n) is 3.50. The van der Waals surface area contributed by atoms with Gasteiger partial charge >= 0.3 is 0 Å². The summed E-state index contributed by atoms with van der Waals surface area (Å²) in [6.07, 6.45) is 1.65. The van der Waals surface area contributed by atoms with Crippen LogP contribution in [-0.4, -0.2) is 54.1 Å². The molecular weight excluding hydrogens is 328 g/mol.